The number of nitrogen functional groups attached to an aromatic ring is 1. The minimum atomic E-state index is 0.437. The highest BCUT2D eigenvalue weighted by atomic mass is 79.9. The summed E-state index contributed by atoms with van der Waals surface area (Å²) in [4.78, 5) is 0. The Labute approximate surface area is 49.4 Å². The molecule has 0 aliphatic carbocycles. The molecule has 1 aromatic heterocycles. The number of hydrogen-bond donors (Lipinski definition) is 1. The van der Waals surface area contributed by atoms with Crippen LogP contribution in [0.3, 0.4) is 0 Å². The summed E-state index contributed by atoms with van der Waals surface area (Å²) in [5, 5.41) is 0. The third-order valence-corrected chi connectivity index (χ3v) is 1.00. The topological polar surface area (TPSA) is 39.2 Å². The van der Waals surface area contributed by atoms with Gasteiger partial charge in [0.15, 0.2) is 5.88 Å². The van der Waals surface area contributed by atoms with Crippen molar-refractivity contribution in [2.75, 3.05) is 5.73 Å². The van der Waals surface area contributed by atoms with E-state index in [0.29, 0.717) is 5.88 Å². The van der Waals surface area contributed by atoms with Crippen molar-refractivity contribution < 1.29 is 4.42 Å². The molecule has 0 spiro atoms. The number of nitrogens with two attached hydrogens (primary N) is 1. The van der Waals surface area contributed by atoms with Crippen molar-refractivity contribution in [2.45, 2.75) is 0 Å². The lowest BCUT2D eigenvalue weighted by molar-refractivity contribution is 0.586. The van der Waals surface area contributed by atoms with Crippen LogP contribution in [-0.2, 0) is 0 Å². The molecule has 7 heavy (non-hydrogen) atoms. The first-order valence-electron chi connectivity index (χ1n) is 1.78. The molecule has 1 rings (SSSR count). The van der Waals surface area contributed by atoms with E-state index in [1.54, 1.807) is 6.07 Å². The number of furan rings is 1. The Kier molecular flexibility index (Phi) is 1.06. The first kappa shape index (κ1) is 4.71. The first-order chi connectivity index (χ1) is 3.29. The van der Waals surface area contributed by atoms with Crippen molar-refractivity contribution in [3.05, 3.63) is 16.8 Å². The van der Waals surface area contributed by atoms with Gasteiger partial charge in [-0.05, 0) is 15.9 Å². The molecule has 0 aliphatic rings. The Bertz CT molecular complexity index is 144. The van der Waals surface area contributed by atoms with Crippen LogP contribution in [0.5, 0.6) is 0 Å². The van der Waals surface area contributed by atoms with E-state index >= 15 is 0 Å². The van der Waals surface area contributed by atoms with Gasteiger partial charge in [0.1, 0.15) is 6.26 Å². The number of anilines is 1. The van der Waals surface area contributed by atoms with Crippen molar-refractivity contribution in [2.24, 2.45) is 0 Å². The molecule has 3 heteroatoms. The van der Waals surface area contributed by atoms with Gasteiger partial charge in [-0.25, -0.2) is 0 Å². The van der Waals surface area contributed by atoms with Gasteiger partial charge in [-0.2, -0.15) is 0 Å². The fraction of sp³-hybridized carbons (Fsp3) is 0. The highest BCUT2D eigenvalue weighted by Gasteiger charge is 1.88. The van der Waals surface area contributed by atoms with E-state index in [1.807, 2.05) is 0 Å². The smallest absolute Gasteiger partial charge is 0.191 e. The maximum Gasteiger partial charge on any atom is 0.191 e. The molecule has 0 saturated heterocycles. The van der Waals surface area contributed by atoms with Crippen molar-refractivity contribution >= 4 is 21.8 Å². The molecule has 0 saturated carbocycles. The molecule has 0 radical (unpaired) electrons. The number of hydrogen-bond acceptors (Lipinski definition) is 2. The average Bonchev–Trinajstić information content (AvgIpc) is 1.87. The van der Waals surface area contributed by atoms with Crippen LogP contribution in [0.4, 0.5) is 5.88 Å². The monoisotopic (exact) mass is 161 g/mol. The predicted octanol–water partition coefficient (Wildman–Crippen LogP) is 1.62. The molecule has 0 amide bonds. The summed E-state index contributed by atoms with van der Waals surface area (Å²) >= 11 is 3.16. The second-order valence-electron chi connectivity index (χ2n) is 1.17. The van der Waals surface area contributed by atoms with Crippen molar-refractivity contribution in [3.63, 3.8) is 0 Å². The lowest BCUT2D eigenvalue weighted by atomic mass is 10.6. The Hall–Kier alpha value is -0.440. The number of halogens is 1. The molecule has 0 fully saturated rings. The predicted molar refractivity (Wildman–Crippen MR) is 30.8 cm³/mol. The van der Waals surface area contributed by atoms with Gasteiger partial charge in [0, 0.05) is 6.07 Å². The van der Waals surface area contributed by atoms with Gasteiger partial charge < -0.3 is 10.2 Å². The van der Waals surface area contributed by atoms with E-state index < -0.39 is 0 Å². The summed E-state index contributed by atoms with van der Waals surface area (Å²) < 4.78 is 5.57. The molecule has 2 N–H and O–H groups in total. The van der Waals surface area contributed by atoms with E-state index in [0.717, 1.165) is 4.47 Å². The van der Waals surface area contributed by atoms with E-state index in [4.69, 9.17) is 10.2 Å². The standard InChI is InChI=1S/C4H4BrNO/c5-3-1-4(6)7-2-3/h1-2H,6H2. The minimum Gasteiger partial charge on any atom is -0.448 e. The Morgan fingerprint density at radius 3 is 2.57 bits per heavy atom. The normalized spacial score (nSPS) is 9.29. The molecule has 0 bridgehead atoms. The molecule has 2 nitrogen and oxygen atoms in total. The zero-order valence-electron chi connectivity index (χ0n) is 3.52. The second-order valence-corrected chi connectivity index (χ2v) is 2.08. The number of rotatable bonds is 0. The van der Waals surface area contributed by atoms with Gasteiger partial charge in [0.05, 0.1) is 4.47 Å². The average molecular weight is 162 g/mol. The summed E-state index contributed by atoms with van der Waals surface area (Å²) in [5.74, 6) is 0.437. The van der Waals surface area contributed by atoms with E-state index in [-0.39, 0.29) is 0 Å². The van der Waals surface area contributed by atoms with Gasteiger partial charge in [0.2, 0.25) is 0 Å². The highest BCUT2D eigenvalue weighted by molar-refractivity contribution is 9.10. The van der Waals surface area contributed by atoms with Gasteiger partial charge >= 0.3 is 0 Å². The third kappa shape index (κ3) is 0.962. The zero-order valence-corrected chi connectivity index (χ0v) is 5.10. The quantitative estimate of drug-likeness (QED) is 0.629. The third-order valence-electron chi connectivity index (χ3n) is 0.588. The first-order valence-corrected chi connectivity index (χ1v) is 2.58. The Balaban J connectivity index is 3.04. The lowest BCUT2D eigenvalue weighted by Gasteiger charge is -1.70. The molecule has 1 aromatic rings. The van der Waals surface area contributed by atoms with Gasteiger partial charge in [-0.3, -0.25) is 0 Å². The zero-order chi connectivity index (χ0) is 5.28. The Morgan fingerprint density at radius 2 is 2.43 bits per heavy atom. The lowest BCUT2D eigenvalue weighted by Crippen LogP contribution is -1.74. The molecule has 0 atom stereocenters. The molecular formula is C4H4BrNO. The molecule has 0 aliphatic heterocycles. The van der Waals surface area contributed by atoms with Crippen LogP contribution < -0.4 is 5.73 Å². The van der Waals surface area contributed by atoms with Crippen LogP contribution in [0.2, 0.25) is 0 Å². The van der Waals surface area contributed by atoms with Crippen molar-refractivity contribution in [1.29, 1.82) is 0 Å². The van der Waals surface area contributed by atoms with Crippen LogP contribution in [0.15, 0.2) is 21.2 Å². The maximum atomic E-state index is 5.18. The molecule has 38 valence electrons. The van der Waals surface area contributed by atoms with Crippen LogP contribution in [0, 0.1) is 0 Å². The van der Waals surface area contributed by atoms with Crippen LogP contribution in [0.1, 0.15) is 0 Å². The van der Waals surface area contributed by atoms with E-state index in [9.17, 15) is 0 Å². The highest BCUT2D eigenvalue weighted by Crippen LogP contribution is 2.14. The maximum absolute atomic E-state index is 5.18. The fourth-order valence-corrected chi connectivity index (χ4v) is 0.647. The van der Waals surface area contributed by atoms with Crippen LogP contribution >= 0.6 is 15.9 Å². The summed E-state index contributed by atoms with van der Waals surface area (Å²) in [6, 6.07) is 1.69. The van der Waals surface area contributed by atoms with Gasteiger partial charge in [0.25, 0.3) is 0 Å². The summed E-state index contributed by atoms with van der Waals surface area (Å²) in [7, 11) is 0. The van der Waals surface area contributed by atoms with Gasteiger partial charge in [-0.15, -0.1) is 0 Å². The molecule has 0 unspecified atom stereocenters. The summed E-state index contributed by atoms with van der Waals surface area (Å²) in [5.41, 5.74) is 5.18. The molecule has 0 aromatic carbocycles. The van der Waals surface area contributed by atoms with Crippen LogP contribution in [-0.4, -0.2) is 0 Å². The van der Waals surface area contributed by atoms with E-state index in [2.05, 4.69) is 15.9 Å². The van der Waals surface area contributed by atoms with Gasteiger partial charge in [-0.1, -0.05) is 0 Å². The Morgan fingerprint density at radius 1 is 1.71 bits per heavy atom. The molecular weight excluding hydrogens is 158 g/mol. The van der Waals surface area contributed by atoms with E-state index in [1.165, 1.54) is 6.26 Å². The SMILES string of the molecule is Nc1cc(Br)co1. The minimum absolute atomic E-state index is 0.437. The van der Waals surface area contributed by atoms with Crippen LogP contribution in [0.25, 0.3) is 0 Å². The molecule has 1 heterocycles. The fourth-order valence-electron chi connectivity index (χ4n) is 0.328. The van der Waals surface area contributed by atoms with Crippen molar-refractivity contribution in [3.8, 4) is 0 Å². The summed E-state index contributed by atoms with van der Waals surface area (Å²) in [6.07, 6.45) is 1.54. The second kappa shape index (κ2) is 1.58. The largest absolute Gasteiger partial charge is 0.448 e. The van der Waals surface area contributed by atoms with Crippen molar-refractivity contribution in [1.82, 2.24) is 0 Å². The summed E-state index contributed by atoms with van der Waals surface area (Å²) in [6.45, 7) is 0.